The first-order valence-electron chi connectivity index (χ1n) is 2.87. The van der Waals surface area contributed by atoms with Crippen LogP contribution < -0.4 is 5.73 Å². The van der Waals surface area contributed by atoms with Crippen LogP contribution in [0.5, 0.6) is 0 Å². The van der Waals surface area contributed by atoms with E-state index in [0.29, 0.717) is 5.76 Å². The van der Waals surface area contributed by atoms with Crippen LogP contribution in [0, 0.1) is 0 Å². The molecule has 0 spiro atoms. The molecule has 0 saturated heterocycles. The number of hydrogen-bond donors (Lipinski definition) is 1. The molecule has 0 rings (SSSR count). The van der Waals surface area contributed by atoms with Crippen LogP contribution in [0.1, 0.15) is 6.92 Å². The first-order valence-corrected chi connectivity index (χ1v) is 2.87. The van der Waals surface area contributed by atoms with E-state index in [9.17, 15) is 4.79 Å². The first kappa shape index (κ1) is 8.75. The molecule has 0 radical (unpaired) electrons. The third-order valence-corrected chi connectivity index (χ3v) is 0.795. The normalized spacial score (nSPS) is 10.7. The fraction of sp³-hybridized carbons (Fsp3) is 0.286. The van der Waals surface area contributed by atoms with Gasteiger partial charge in [0, 0.05) is 0 Å². The third-order valence-electron chi connectivity index (χ3n) is 0.795. The summed E-state index contributed by atoms with van der Waals surface area (Å²) in [5, 5.41) is 0. The lowest BCUT2D eigenvalue weighted by Crippen LogP contribution is -2.17. The van der Waals surface area contributed by atoms with Crippen LogP contribution in [0.2, 0.25) is 0 Å². The second-order valence-electron chi connectivity index (χ2n) is 1.77. The molecule has 0 atom stereocenters. The number of hydrogen-bond acceptors (Lipinski definition) is 2. The summed E-state index contributed by atoms with van der Waals surface area (Å²) in [5.41, 5.74) is 4.82. The van der Waals surface area contributed by atoms with E-state index >= 15 is 0 Å². The SMILES string of the molecule is C=C/C=C(\C)OCC(N)=O. The zero-order valence-corrected chi connectivity index (χ0v) is 5.96. The zero-order chi connectivity index (χ0) is 7.98. The Morgan fingerprint density at radius 3 is 2.80 bits per heavy atom. The molecule has 3 nitrogen and oxygen atoms in total. The van der Waals surface area contributed by atoms with Crippen LogP contribution in [-0.4, -0.2) is 12.5 Å². The van der Waals surface area contributed by atoms with Gasteiger partial charge in [-0.05, 0) is 13.0 Å². The summed E-state index contributed by atoms with van der Waals surface area (Å²) in [5.74, 6) is 0.158. The smallest absolute Gasteiger partial charge is 0.255 e. The van der Waals surface area contributed by atoms with E-state index in [0.717, 1.165) is 0 Å². The Bertz CT molecular complexity index is 161. The quantitative estimate of drug-likeness (QED) is 0.460. The average molecular weight is 141 g/mol. The molecule has 0 aromatic carbocycles. The van der Waals surface area contributed by atoms with Gasteiger partial charge in [-0.2, -0.15) is 0 Å². The fourth-order valence-corrected chi connectivity index (χ4v) is 0.399. The lowest BCUT2D eigenvalue weighted by molar-refractivity contribution is -0.121. The van der Waals surface area contributed by atoms with Gasteiger partial charge in [0.25, 0.3) is 5.91 Å². The minimum atomic E-state index is -0.475. The van der Waals surface area contributed by atoms with Crippen LogP contribution in [-0.2, 0) is 9.53 Å². The molecule has 0 aromatic rings. The minimum absolute atomic E-state index is 0.0732. The maximum Gasteiger partial charge on any atom is 0.255 e. The number of primary amides is 1. The highest BCUT2D eigenvalue weighted by Crippen LogP contribution is 1.93. The predicted molar refractivity (Wildman–Crippen MR) is 39.1 cm³/mol. The van der Waals surface area contributed by atoms with Crippen molar-refractivity contribution < 1.29 is 9.53 Å². The lowest BCUT2D eigenvalue weighted by atomic mass is 10.5. The van der Waals surface area contributed by atoms with Crippen molar-refractivity contribution in [2.45, 2.75) is 6.92 Å². The molecule has 0 fully saturated rings. The molecule has 0 aliphatic rings. The highest BCUT2D eigenvalue weighted by atomic mass is 16.5. The summed E-state index contributed by atoms with van der Waals surface area (Å²) in [6.07, 6.45) is 3.24. The van der Waals surface area contributed by atoms with Crippen molar-refractivity contribution >= 4 is 5.91 Å². The molecule has 0 bridgehead atoms. The molecule has 0 aliphatic heterocycles. The predicted octanol–water partition coefficient (Wildman–Crippen LogP) is 0.578. The van der Waals surface area contributed by atoms with Gasteiger partial charge in [0.2, 0.25) is 0 Å². The maximum absolute atomic E-state index is 10.2. The number of carbonyl (C=O) groups is 1. The fourth-order valence-electron chi connectivity index (χ4n) is 0.399. The Hall–Kier alpha value is -1.25. The third kappa shape index (κ3) is 4.90. The van der Waals surface area contributed by atoms with Crippen LogP contribution in [0.3, 0.4) is 0 Å². The van der Waals surface area contributed by atoms with E-state index in [4.69, 9.17) is 10.5 Å². The molecule has 10 heavy (non-hydrogen) atoms. The Balaban J connectivity index is 3.58. The second kappa shape index (κ2) is 4.61. The number of ether oxygens (including phenoxy) is 1. The molecule has 0 saturated carbocycles. The minimum Gasteiger partial charge on any atom is -0.488 e. The topological polar surface area (TPSA) is 52.3 Å². The molecule has 1 amide bonds. The van der Waals surface area contributed by atoms with Crippen molar-refractivity contribution in [1.82, 2.24) is 0 Å². The Labute approximate surface area is 60.2 Å². The second-order valence-corrected chi connectivity index (χ2v) is 1.77. The standard InChI is InChI=1S/C7H11NO2/c1-3-4-6(2)10-5-7(8)9/h3-4H,1,5H2,2H3,(H2,8,9)/b6-4+. The molecule has 0 aromatic heterocycles. The molecule has 0 aliphatic carbocycles. The summed E-state index contributed by atoms with van der Waals surface area (Å²) < 4.78 is 4.86. The van der Waals surface area contributed by atoms with Gasteiger partial charge < -0.3 is 10.5 Å². The van der Waals surface area contributed by atoms with Gasteiger partial charge in [0.1, 0.15) is 0 Å². The average Bonchev–Trinajstić information content (AvgIpc) is 1.85. The number of rotatable bonds is 4. The molecular formula is C7H11NO2. The Morgan fingerprint density at radius 1 is 1.80 bits per heavy atom. The molecule has 0 heterocycles. The van der Waals surface area contributed by atoms with E-state index in [1.165, 1.54) is 0 Å². The van der Waals surface area contributed by atoms with Gasteiger partial charge in [-0.3, -0.25) is 4.79 Å². The largest absolute Gasteiger partial charge is 0.488 e. The van der Waals surface area contributed by atoms with Crippen molar-refractivity contribution in [2.75, 3.05) is 6.61 Å². The van der Waals surface area contributed by atoms with Gasteiger partial charge in [0.15, 0.2) is 6.61 Å². The molecule has 56 valence electrons. The summed E-state index contributed by atoms with van der Waals surface area (Å²) in [4.78, 5) is 10.2. The number of allylic oxidation sites excluding steroid dienone is 3. The van der Waals surface area contributed by atoms with Crippen molar-refractivity contribution in [1.29, 1.82) is 0 Å². The van der Waals surface area contributed by atoms with Crippen LogP contribution in [0.15, 0.2) is 24.5 Å². The summed E-state index contributed by atoms with van der Waals surface area (Å²) >= 11 is 0. The first-order chi connectivity index (χ1) is 4.66. The van der Waals surface area contributed by atoms with Crippen molar-refractivity contribution in [2.24, 2.45) is 5.73 Å². The molecular weight excluding hydrogens is 130 g/mol. The van der Waals surface area contributed by atoms with Gasteiger partial charge >= 0.3 is 0 Å². The van der Waals surface area contributed by atoms with Gasteiger partial charge in [-0.25, -0.2) is 0 Å². The molecule has 3 heteroatoms. The summed E-state index contributed by atoms with van der Waals surface area (Å²) in [7, 11) is 0. The monoisotopic (exact) mass is 141 g/mol. The Kier molecular flexibility index (Phi) is 4.04. The van der Waals surface area contributed by atoms with E-state index in [1.54, 1.807) is 19.1 Å². The highest BCUT2D eigenvalue weighted by molar-refractivity contribution is 5.75. The van der Waals surface area contributed by atoms with E-state index in [-0.39, 0.29) is 6.61 Å². The summed E-state index contributed by atoms with van der Waals surface area (Å²) in [6, 6.07) is 0. The molecule has 2 N–H and O–H groups in total. The molecule has 0 unspecified atom stereocenters. The van der Waals surface area contributed by atoms with Crippen LogP contribution in [0.4, 0.5) is 0 Å². The van der Waals surface area contributed by atoms with Crippen molar-refractivity contribution in [3.05, 3.63) is 24.5 Å². The number of carbonyl (C=O) groups excluding carboxylic acids is 1. The Morgan fingerprint density at radius 2 is 2.40 bits per heavy atom. The van der Waals surface area contributed by atoms with Gasteiger partial charge in [-0.15, -0.1) is 0 Å². The number of amides is 1. The van der Waals surface area contributed by atoms with Crippen LogP contribution >= 0.6 is 0 Å². The van der Waals surface area contributed by atoms with E-state index < -0.39 is 5.91 Å². The highest BCUT2D eigenvalue weighted by Gasteiger charge is 1.92. The number of nitrogens with two attached hydrogens (primary N) is 1. The van der Waals surface area contributed by atoms with Crippen molar-refractivity contribution in [3.8, 4) is 0 Å². The van der Waals surface area contributed by atoms with Crippen molar-refractivity contribution in [3.63, 3.8) is 0 Å². The van der Waals surface area contributed by atoms with Gasteiger partial charge in [0.05, 0.1) is 5.76 Å². The van der Waals surface area contributed by atoms with Crippen LogP contribution in [0.25, 0.3) is 0 Å². The van der Waals surface area contributed by atoms with E-state index in [1.807, 2.05) is 0 Å². The van der Waals surface area contributed by atoms with Gasteiger partial charge in [-0.1, -0.05) is 12.7 Å². The summed E-state index contributed by atoms with van der Waals surface area (Å²) in [6.45, 7) is 5.11. The lowest BCUT2D eigenvalue weighted by Gasteiger charge is -2.00. The zero-order valence-electron chi connectivity index (χ0n) is 5.96. The van der Waals surface area contributed by atoms with E-state index in [2.05, 4.69) is 6.58 Å². The maximum atomic E-state index is 10.2.